The van der Waals surface area contributed by atoms with Crippen LogP contribution in [0.25, 0.3) is 0 Å². The van der Waals surface area contributed by atoms with Gasteiger partial charge in [-0.3, -0.25) is 9.78 Å². The molecule has 0 aliphatic rings. The molecule has 2 heterocycles. The van der Waals surface area contributed by atoms with Crippen LogP contribution in [0.15, 0.2) is 49.1 Å². The third kappa shape index (κ3) is 5.93. The van der Waals surface area contributed by atoms with Crippen molar-refractivity contribution in [3.05, 3.63) is 60.2 Å². The van der Waals surface area contributed by atoms with Gasteiger partial charge in [-0.2, -0.15) is 0 Å². The van der Waals surface area contributed by atoms with E-state index in [-0.39, 0.29) is 22.9 Å². The number of carbonyl (C=O) groups is 1. The van der Waals surface area contributed by atoms with Crippen molar-refractivity contribution >= 4 is 5.91 Å². The van der Waals surface area contributed by atoms with Crippen LogP contribution in [0.4, 0.5) is 0 Å². The minimum atomic E-state index is 0. The van der Waals surface area contributed by atoms with Gasteiger partial charge in [0.05, 0.1) is 6.42 Å². The number of amides is 1. The van der Waals surface area contributed by atoms with Crippen molar-refractivity contribution in [2.45, 2.75) is 26.3 Å². The van der Waals surface area contributed by atoms with Crippen molar-refractivity contribution in [3.8, 4) is 0 Å². The highest BCUT2D eigenvalue weighted by molar-refractivity contribution is 5.75. The summed E-state index contributed by atoms with van der Waals surface area (Å²) in [5, 5.41) is 0. The highest BCUT2D eigenvalue weighted by atomic mass is 79.9. The average molecular weight is 364 g/mol. The maximum absolute atomic E-state index is 12.1. The zero-order valence-corrected chi connectivity index (χ0v) is 14.7. The first kappa shape index (κ1) is 18.3. The number of likely N-dealkylation sites (N-methyl/N-ethyl adjacent to an activating group) is 1. The minimum Gasteiger partial charge on any atom is -1.00 e. The Morgan fingerprint density at radius 2 is 1.82 bits per heavy atom. The fourth-order valence-electron chi connectivity index (χ4n) is 2.07. The molecule has 0 aliphatic heterocycles. The third-order valence-electron chi connectivity index (χ3n) is 3.55. The van der Waals surface area contributed by atoms with Gasteiger partial charge >= 0.3 is 0 Å². The lowest BCUT2D eigenvalue weighted by Crippen LogP contribution is -3.00. The maximum Gasteiger partial charge on any atom is 0.228 e. The quantitative estimate of drug-likeness (QED) is 0.603. The molecule has 0 atom stereocenters. The summed E-state index contributed by atoms with van der Waals surface area (Å²) in [6.07, 6.45) is 8.98. The van der Waals surface area contributed by atoms with E-state index >= 15 is 0 Å². The number of rotatable bonds is 6. The number of pyridine rings is 2. The number of halogens is 1. The topological polar surface area (TPSA) is 37.1 Å². The largest absolute Gasteiger partial charge is 1.00 e. The van der Waals surface area contributed by atoms with E-state index in [2.05, 4.69) is 24.0 Å². The van der Waals surface area contributed by atoms with E-state index < -0.39 is 0 Å². The van der Waals surface area contributed by atoms with Gasteiger partial charge in [-0.05, 0) is 36.6 Å². The van der Waals surface area contributed by atoms with Crippen LogP contribution in [0, 0.1) is 6.92 Å². The van der Waals surface area contributed by atoms with Gasteiger partial charge in [0.1, 0.15) is 0 Å². The predicted octanol–water partition coefficient (Wildman–Crippen LogP) is -1.23. The Labute approximate surface area is 142 Å². The van der Waals surface area contributed by atoms with Gasteiger partial charge in [0.15, 0.2) is 18.9 Å². The molecule has 0 N–H and O–H groups in total. The molecule has 0 fully saturated rings. The van der Waals surface area contributed by atoms with Gasteiger partial charge in [-0.15, -0.1) is 0 Å². The molecule has 0 saturated heterocycles. The zero-order valence-electron chi connectivity index (χ0n) is 13.1. The summed E-state index contributed by atoms with van der Waals surface area (Å²) in [6, 6.07) is 8.08. The predicted molar refractivity (Wildman–Crippen MR) is 81.6 cm³/mol. The number of hydrogen-bond acceptors (Lipinski definition) is 2. The fraction of sp³-hybridized carbons (Fsp3) is 0.353. The molecule has 5 heteroatoms. The second-order valence-corrected chi connectivity index (χ2v) is 5.28. The van der Waals surface area contributed by atoms with Crippen molar-refractivity contribution in [2.24, 2.45) is 0 Å². The minimum absolute atomic E-state index is 0. The van der Waals surface area contributed by atoms with Gasteiger partial charge in [0, 0.05) is 38.1 Å². The summed E-state index contributed by atoms with van der Waals surface area (Å²) in [4.78, 5) is 17.9. The SMILES string of the molecule is Cc1cc[n+](CCC(=O)N(C)CCc2ccncc2)cc1.[Br-]. The van der Waals surface area contributed by atoms with Crippen LogP contribution < -0.4 is 21.5 Å². The molecule has 0 bridgehead atoms. The van der Waals surface area contributed by atoms with Crippen LogP contribution in [0.3, 0.4) is 0 Å². The van der Waals surface area contributed by atoms with Crippen molar-refractivity contribution in [1.29, 1.82) is 0 Å². The van der Waals surface area contributed by atoms with E-state index in [4.69, 9.17) is 0 Å². The van der Waals surface area contributed by atoms with E-state index in [1.807, 2.05) is 36.1 Å². The Bertz CT molecular complexity index is 572. The Balaban J connectivity index is 0.00000242. The molecule has 0 unspecified atom stereocenters. The first-order valence-electron chi connectivity index (χ1n) is 7.24. The molecule has 2 aromatic rings. The second-order valence-electron chi connectivity index (χ2n) is 5.28. The summed E-state index contributed by atoms with van der Waals surface area (Å²) in [7, 11) is 1.86. The molecule has 4 nitrogen and oxygen atoms in total. The van der Waals surface area contributed by atoms with Gasteiger partial charge in [-0.25, -0.2) is 4.57 Å². The number of aromatic nitrogens is 2. The Morgan fingerprint density at radius 3 is 2.45 bits per heavy atom. The molecular formula is C17H22BrN3O. The molecule has 2 aromatic heterocycles. The summed E-state index contributed by atoms with van der Waals surface area (Å²) in [5.41, 5.74) is 2.43. The molecule has 2 rings (SSSR count). The lowest BCUT2D eigenvalue weighted by Gasteiger charge is -2.16. The fourth-order valence-corrected chi connectivity index (χ4v) is 2.07. The first-order valence-corrected chi connectivity index (χ1v) is 7.24. The van der Waals surface area contributed by atoms with E-state index in [9.17, 15) is 4.79 Å². The third-order valence-corrected chi connectivity index (χ3v) is 3.55. The van der Waals surface area contributed by atoms with Crippen molar-refractivity contribution < 1.29 is 26.3 Å². The van der Waals surface area contributed by atoms with Crippen LogP contribution in [0.5, 0.6) is 0 Å². The van der Waals surface area contributed by atoms with E-state index in [1.165, 1.54) is 11.1 Å². The Morgan fingerprint density at radius 1 is 1.18 bits per heavy atom. The number of aryl methyl sites for hydroxylation is 2. The van der Waals surface area contributed by atoms with Crippen molar-refractivity contribution in [2.75, 3.05) is 13.6 Å². The van der Waals surface area contributed by atoms with Crippen LogP contribution in [0.1, 0.15) is 17.5 Å². The van der Waals surface area contributed by atoms with Gasteiger partial charge in [-0.1, -0.05) is 0 Å². The van der Waals surface area contributed by atoms with Gasteiger partial charge in [0.25, 0.3) is 0 Å². The van der Waals surface area contributed by atoms with Crippen LogP contribution in [-0.2, 0) is 17.8 Å². The average Bonchev–Trinajstić information content (AvgIpc) is 2.52. The monoisotopic (exact) mass is 363 g/mol. The van der Waals surface area contributed by atoms with E-state index in [1.54, 1.807) is 17.3 Å². The summed E-state index contributed by atoms with van der Waals surface area (Å²) < 4.78 is 2.04. The Kier molecular flexibility index (Phi) is 7.74. The van der Waals surface area contributed by atoms with Crippen molar-refractivity contribution in [3.63, 3.8) is 0 Å². The molecule has 0 spiro atoms. The normalized spacial score (nSPS) is 9.91. The van der Waals surface area contributed by atoms with Crippen LogP contribution >= 0.6 is 0 Å². The molecule has 0 aliphatic carbocycles. The highest BCUT2D eigenvalue weighted by Gasteiger charge is 2.11. The van der Waals surface area contributed by atoms with Crippen LogP contribution in [-0.4, -0.2) is 29.4 Å². The summed E-state index contributed by atoms with van der Waals surface area (Å²) in [5.74, 6) is 0.178. The summed E-state index contributed by atoms with van der Waals surface area (Å²) >= 11 is 0. The van der Waals surface area contributed by atoms with Gasteiger partial charge < -0.3 is 21.9 Å². The second kappa shape index (κ2) is 9.30. The molecular weight excluding hydrogens is 342 g/mol. The first-order chi connectivity index (χ1) is 10.1. The number of nitrogens with zero attached hydrogens (tertiary/aromatic N) is 3. The molecule has 1 amide bonds. The molecule has 0 aromatic carbocycles. The van der Waals surface area contributed by atoms with Crippen molar-refractivity contribution in [1.82, 2.24) is 9.88 Å². The lowest BCUT2D eigenvalue weighted by molar-refractivity contribution is -0.696. The Hall–Kier alpha value is -1.75. The molecule has 22 heavy (non-hydrogen) atoms. The standard InChI is InChI=1S/C17H22N3O.BrH/c1-15-5-12-20(13-6-15)14-8-17(21)19(2)11-7-16-3-9-18-10-4-16;/h3-6,9-10,12-13H,7-8,11,14H2,1-2H3;1H/q+1;/p-1. The molecule has 118 valence electrons. The van der Waals surface area contributed by atoms with E-state index in [0.29, 0.717) is 6.42 Å². The van der Waals surface area contributed by atoms with Crippen LogP contribution in [0.2, 0.25) is 0 Å². The molecule has 0 radical (unpaired) electrons. The number of carbonyl (C=O) groups excluding carboxylic acids is 1. The van der Waals surface area contributed by atoms with Gasteiger partial charge in [0.2, 0.25) is 5.91 Å². The summed E-state index contributed by atoms with van der Waals surface area (Å²) in [6.45, 7) is 3.52. The number of hydrogen-bond donors (Lipinski definition) is 0. The zero-order chi connectivity index (χ0) is 15.1. The highest BCUT2D eigenvalue weighted by Crippen LogP contribution is 2.00. The molecule has 0 saturated carbocycles. The lowest BCUT2D eigenvalue weighted by atomic mass is 10.2. The smallest absolute Gasteiger partial charge is 0.228 e. The van der Waals surface area contributed by atoms with E-state index in [0.717, 1.165) is 19.5 Å². The maximum atomic E-state index is 12.1.